The highest BCUT2D eigenvalue weighted by atomic mass is 32.1. The average molecular weight is 228 g/mol. The molecular formula is C7H8N4OS2. The van der Waals surface area contributed by atoms with Crippen molar-refractivity contribution in [2.24, 2.45) is 0 Å². The highest BCUT2D eigenvalue weighted by Crippen LogP contribution is 2.22. The molecule has 74 valence electrons. The molecule has 0 radical (unpaired) electrons. The zero-order valence-corrected chi connectivity index (χ0v) is 9.25. The van der Waals surface area contributed by atoms with Crippen molar-refractivity contribution < 1.29 is 0 Å². The van der Waals surface area contributed by atoms with Gasteiger partial charge in [0.2, 0.25) is 0 Å². The van der Waals surface area contributed by atoms with Crippen LogP contribution in [0.5, 0.6) is 0 Å². The number of H-pyrrole nitrogens is 2. The molecule has 0 atom stereocenters. The van der Waals surface area contributed by atoms with E-state index in [2.05, 4.69) is 15.0 Å². The molecule has 0 amide bonds. The van der Waals surface area contributed by atoms with Gasteiger partial charge in [0.05, 0.1) is 0 Å². The van der Waals surface area contributed by atoms with Crippen LogP contribution in [-0.2, 0) is 0 Å². The van der Waals surface area contributed by atoms with E-state index in [4.69, 9.17) is 12.2 Å². The molecule has 0 fully saturated rings. The Morgan fingerprint density at radius 1 is 1.43 bits per heavy atom. The zero-order valence-electron chi connectivity index (χ0n) is 7.62. The lowest BCUT2D eigenvalue weighted by Crippen LogP contribution is -2.07. The minimum atomic E-state index is -0.186. The molecule has 2 N–H and O–H groups in total. The van der Waals surface area contributed by atoms with Crippen molar-refractivity contribution in [1.82, 2.24) is 15.0 Å². The van der Waals surface area contributed by atoms with Gasteiger partial charge in [0.1, 0.15) is 4.70 Å². The smallest absolute Gasteiger partial charge is 0.271 e. The van der Waals surface area contributed by atoms with E-state index in [1.54, 1.807) is 0 Å². The van der Waals surface area contributed by atoms with E-state index in [9.17, 15) is 4.79 Å². The molecule has 0 aliphatic rings. The Labute approximate surface area is 88.4 Å². The number of aromatic amines is 2. The summed E-state index contributed by atoms with van der Waals surface area (Å²) in [4.78, 5) is 22.9. The van der Waals surface area contributed by atoms with E-state index < -0.39 is 0 Å². The lowest BCUT2D eigenvalue weighted by Gasteiger charge is -2.04. The number of thiazole rings is 1. The fourth-order valence-electron chi connectivity index (χ4n) is 1.04. The molecule has 2 aromatic heterocycles. The quantitative estimate of drug-likeness (QED) is 0.718. The molecule has 0 unspecified atom stereocenters. The summed E-state index contributed by atoms with van der Waals surface area (Å²) in [5.74, 6) is 0. The number of nitrogens with zero attached hydrogens (tertiary/aromatic N) is 2. The summed E-state index contributed by atoms with van der Waals surface area (Å²) in [7, 11) is 3.75. The van der Waals surface area contributed by atoms with E-state index in [0.717, 1.165) is 5.13 Å². The van der Waals surface area contributed by atoms with Gasteiger partial charge in [-0.1, -0.05) is 11.3 Å². The Hall–Kier alpha value is -1.21. The van der Waals surface area contributed by atoms with Crippen LogP contribution in [0.25, 0.3) is 10.3 Å². The van der Waals surface area contributed by atoms with Crippen molar-refractivity contribution in [3.05, 3.63) is 15.1 Å². The molecule has 5 nitrogen and oxygen atoms in total. The van der Waals surface area contributed by atoms with E-state index in [0.29, 0.717) is 15.1 Å². The molecule has 0 spiro atoms. The summed E-state index contributed by atoms with van der Waals surface area (Å²) in [5.41, 5.74) is 0.363. The average Bonchev–Trinajstić information content (AvgIpc) is 2.47. The first-order valence-electron chi connectivity index (χ1n) is 3.88. The fraction of sp³-hybridized carbons (Fsp3) is 0.286. The standard InChI is InChI=1S/C7H8N4OS2/c1-11(2)7-9-4-3(14-7)5(12)10-6(13)8-4/h1-2H3,(H2,8,10,12,13). The Morgan fingerprint density at radius 3 is 2.79 bits per heavy atom. The van der Waals surface area contributed by atoms with Gasteiger partial charge in [-0.3, -0.25) is 9.78 Å². The Kier molecular flexibility index (Phi) is 2.12. The summed E-state index contributed by atoms with van der Waals surface area (Å²) in [6, 6.07) is 0. The third-order valence-corrected chi connectivity index (χ3v) is 3.09. The maximum atomic E-state index is 11.4. The molecule has 0 aromatic carbocycles. The number of nitrogens with one attached hydrogen (secondary N) is 2. The second kappa shape index (κ2) is 3.18. The first-order chi connectivity index (χ1) is 6.58. The van der Waals surface area contributed by atoms with Crippen LogP contribution < -0.4 is 10.5 Å². The molecule has 0 aliphatic carbocycles. The molecule has 0 saturated carbocycles. The van der Waals surface area contributed by atoms with Crippen LogP contribution in [-0.4, -0.2) is 29.0 Å². The monoisotopic (exact) mass is 228 g/mol. The largest absolute Gasteiger partial charge is 0.354 e. The zero-order chi connectivity index (χ0) is 10.3. The first kappa shape index (κ1) is 9.35. The van der Waals surface area contributed by atoms with E-state index in [1.165, 1.54) is 11.3 Å². The number of fused-ring (bicyclic) bond motifs is 1. The third-order valence-electron chi connectivity index (χ3n) is 1.66. The predicted octanol–water partition coefficient (Wildman–Crippen LogP) is 1.11. The topological polar surface area (TPSA) is 64.8 Å². The van der Waals surface area contributed by atoms with Crippen molar-refractivity contribution in [1.29, 1.82) is 0 Å². The molecule has 0 saturated heterocycles. The summed E-state index contributed by atoms with van der Waals surface area (Å²) >= 11 is 6.18. The first-order valence-corrected chi connectivity index (χ1v) is 5.11. The molecule has 14 heavy (non-hydrogen) atoms. The fourth-order valence-corrected chi connectivity index (χ4v) is 2.07. The van der Waals surface area contributed by atoms with Gasteiger partial charge in [-0.2, -0.15) is 0 Å². The lowest BCUT2D eigenvalue weighted by molar-refractivity contribution is 1.09. The highest BCUT2D eigenvalue weighted by molar-refractivity contribution is 7.71. The molecule has 7 heteroatoms. The maximum Gasteiger partial charge on any atom is 0.271 e. The Morgan fingerprint density at radius 2 is 2.14 bits per heavy atom. The van der Waals surface area contributed by atoms with Crippen molar-refractivity contribution >= 4 is 39.0 Å². The minimum absolute atomic E-state index is 0.186. The molecule has 0 aliphatic heterocycles. The van der Waals surface area contributed by atoms with Crippen LogP contribution in [0.1, 0.15) is 0 Å². The van der Waals surface area contributed by atoms with Crippen molar-refractivity contribution in [2.45, 2.75) is 0 Å². The summed E-state index contributed by atoms with van der Waals surface area (Å²) in [6.45, 7) is 0. The van der Waals surface area contributed by atoms with Gasteiger partial charge >= 0.3 is 0 Å². The van der Waals surface area contributed by atoms with Crippen molar-refractivity contribution in [3.63, 3.8) is 0 Å². The molecule has 0 bridgehead atoms. The number of anilines is 1. The van der Waals surface area contributed by atoms with Crippen LogP contribution in [0.3, 0.4) is 0 Å². The number of hydrogen-bond acceptors (Lipinski definition) is 5. The van der Waals surface area contributed by atoms with Gasteiger partial charge in [0.15, 0.2) is 15.5 Å². The van der Waals surface area contributed by atoms with Crippen molar-refractivity contribution in [3.8, 4) is 0 Å². The minimum Gasteiger partial charge on any atom is -0.354 e. The highest BCUT2D eigenvalue weighted by Gasteiger charge is 2.08. The van der Waals surface area contributed by atoms with E-state index in [1.807, 2.05) is 19.0 Å². The number of aromatic nitrogens is 3. The summed E-state index contributed by atoms with van der Waals surface area (Å²) in [6.07, 6.45) is 0. The van der Waals surface area contributed by atoms with Gasteiger partial charge < -0.3 is 9.88 Å². The molecule has 2 aromatic rings. The summed E-state index contributed by atoms with van der Waals surface area (Å²) < 4.78 is 0.875. The van der Waals surface area contributed by atoms with Gasteiger partial charge in [-0.15, -0.1) is 0 Å². The molecule has 2 heterocycles. The number of hydrogen-bond donors (Lipinski definition) is 2. The van der Waals surface area contributed by atoms with Gasteiger partial charge in [0, 0.05) is 14.1 Å². The van der Waals surface area contributed by atoms with Crippen LogP contribution in [0, 0.1) is 4.77 Å². The SMILES string of the molecule is CN(C)c1nc2[nH]c(=S)[nH]c(=O)c2s1. The van der Waals surface area contributed by atoms with Crippen LogP contribution in [0.4, 0.5) is 5.13 Å². The van der Waals surface area contributed by atoms with Crippen LogP contribution in [0.15, 0.2) is 4.79 Å². The lowest BCUT2D eigenvalue weighted by atomic mass is 10.6. The normalized spacial score (nSPS) is 10.7. The second-order valence-electron chi connectivity index (χ2n) is 2.98. The van der Waals surface area contributed by atoms with Gasteiger partial charge in [0.25, 0.3) is 5.56 Å². The Balaban J connectivity index is 2.84. The van der Waals surface area contributed by atoms with E-state index in [-0.39, 0.29) is 5.56 Å². The van der Waals surface area contributed by atoms with Crippen molar-refractivity contribution in [2.75, 3.05) is 19.0 Å². The van der Waals surface area contributed by atoms with Gasteiger partial charge in [-0.25, -0.2) is 4.98 Å². The maximum absolute atomic E-state index is 11.4. The van der Waals surface area contributed by atoms with E-state index >= 15 is 0 Å². The van der Waals surface area contributed by atoms with Crippen LogP contribution >= 0.6 is 23.6 Å². The Bertz CT molecular complexity index is 579. The summed E-state index contributed by atoms with van der Waals surface area (Å²) in [5, 5.41) is 0.780. The molecule has 2 rings (SSSR count). The second-order valence-corrected chi connectivity index (χ2v) is 4.36. The van der Waals surface area contributed by atoms with Crippen LogP contribution in [0.2, 0.25) is 0 Å². The molecular weight excluding hydrogens is 220 g/mol. The third kappa shape index (κ3) is 1.44. The van der Waals surface area contributed by atoms with Gasteiger partial charge in [-0.05, 0) is 12.2 Å². The predicted molar refractivity (Wildman–Crippen MR) is 59.8 cm³/mol. The number of rotatable bonds is 1.